The Morgan fingerprint density at radius 1 is 1.32 bits per heavy atom. The molecule has 0 aliphatic rings. The van der Waals surface area contributed by atoms with Gasteiger partial charge < -0.3 is 10.6 Å². The van der Waals surface area contributed by atoms with Gasteiger partial charge in [-0.2, -0.15) is 0 Å². The van der Waals surface area contributed by atoms with Crippen LogP contribution in [-0.4, -0.2) is 24.1 Å². The molecule has 0 aromatic carbocycles. The predicted molar refractivity (Wildman–Crippen MR) is 83.6 cm³/mol. The predicted octanol–water partition coefficient (Wildman–Crippen LogP) is 3.15. The summed E-state index contributed by atoms with van der Waals surface area (Å²) >= 11 is 0. The zero-order valence-corrected chi connectivity index (χ0v) is 13.5. The highest BCUT2D eigenvalue weighted by atomic mass is 15.2. The highest BCUT2D eigenvalue weighted by Gasteiger charge is 2.25. The van der Waals surface area contributed by atoms with Crippen LogP contribution in [0.4, 0.5) is 5.82 Å². The van der Waals surface area contributed by atoms with Gasteiger partial charge in [0, 0.05) is 25.3 Å². The van der Waals surface area contributed by atoms with E-state index in [1.165, 1.54) is 11.1 Å². The first-order valence-corrected chi connectivity index (χ1v) is 7.07. The fourth-order valence-electron chi connectivity index (χ4n) is 2.24. The molecule has 1 heterocycles. The molecule has 0 radical (unpaired) electrons. The monoisotopic (exact) mass is 263 g/mol. The zero-order chi connectivity index (χ0) is 14.8. The topological polar surface area (TPSA) is 42.1 Å². The molecular weight excluding hydrogens is 234 g/mol. The molecule has 1 aromatic heterocycles. The fraction of sp³-hybridized carbons (Fsp3) is 0.688. The van der Waals surface area contributed by atoms with Crippen LogP contribution in [0.5, 0.6) is 0 Å². The lowest BCUT2D eigenvalue weighted by Gasteiger charge is -2.36. The molecule has 1 rings (SSSR count). The minimum absolute atomic E-state index is 0.179. The van der Waals surface area contributed by atoms with Gasteiger partial charge in [0.1, 0.15) is 5.82 Å². The van der Waals surface area contributed by atoms with Gasteiger partial charge in [-0.1, -0.05) is 26.8 Å². The lowest BCUT2D eigenvalue weighted by molar-refractivity contribution is 0.328. The van der Waals surface area contributed by atoms with Crippen molar-refractivity contribution in [2.75, 3.05) is 11.9 Å². The first-order valence-electron chi connectivity index (χ1n) is 7.07. The van der Waals surface area contributed by atoms with Crippen molar-refractivity contribution in [1.82, 2.24) is 4.98 Å². The van der Waals surface area contributed by atoms with Crippen LogP contribution in [0.3, 0.4) is 0 Å². The largest absolute Gasteiger partial charge is 0.356 e. The van der Waals surface area contributed by atoms with Crippen LogP contribution in [0.2, 0.25) is 0 Å². The first kappa shape index (κ1) is 16.0. The van der Waals surface area contributed by atoms with Crippen LogP contribution in [0, 0.1) is 12.3 Å². The van der Waals surface area contributed by atoms with E-state index < -0.39 is 0 Å². The van der Waals surface area contributed by atoms with Crippen LogP contribution in [0.15, 0.2) is 12.3 Å². The van der Waals surface area contributed by atoms with Gasteiger partial charge in [-0.3, -0.25) is 0 Å². The summed E-state index contributed by atoms with van der Waals surface area (Å²) in [6, 6.07) is 2.81. The van der Waals surface area contributed by atoms with Crippen molar-refractivity contribution in [3.05, 3.63) is 23.4 Å². The van der Waals surface area contributed by atoms with E-state index in [0.29, 0.717) is 6.04 Å². The second-order valence-corrected chi connectivity index (χ2v) is 6.82. The summed E-state index contributed by atoms with van der Waals surface area (Å²) < 4.78 is 0. The summed E-state index contributed by atoms with van der Waals surface area (Å²) in [5.41, 5.74) is 8.50. The summed E-state index contributed by atoms with van der Waals surface area (Å²) in [4.78, 5) is 6.90. The van der Waals surface area contributed by atoms with Crippen molar-refractivity contribution in [3.63, 3.8) is 0 Å². The molecule has 1 aromatic rings. The second kappa shape index (κ2) is 5.91. The van der Waals surface area contributed by atoms with E-state index in [1.807, 2.05) is 13.1 Å². The molecule has 2 atom stereocenters. The average molecular weight is 263 g/mol. The minimum atomic E-state index is 0.179. The van der Waals surface area contributed by atoms with Crippen LogP contribution >= 0.6 is 0 Å². The number of hydrogen-bond acceptors (Lipinski definition) is 3. The Labute approximate surface area is 118 Å². The van der Waals surface area contributed by atoms with Crippen molar-refractivity contribution in [2.24, 2.45) is 11.1 Å². The molecule has 3 heteroatoms. The van der Waals surface area contributed by atoms with Crippen molar-refractivity contribution in [1.29, 1.82) is 0 Å². The third-order valence-corrected chi connectivity index (χ3v) is 3.83. The van der Waals surface area contributed by atoms with E-state index in [1.54, 1.807) is 0 Å². The summed E-state index contributed by atoms with van der Waals surface area (Å²) in [7, 11) is 2.12. The third-order valence-electron chi connectivity index (χ3n) is 3.83. The van der Waals surface area contributed by atoms with Gasteiger partial charge in [0.25, 0.3) is 0 Å². The molecule has 2 unspecified atom stereocenters. The van der Waals surface area contributed by atoms with Gasteiger partial charge in [-0.05, 0) is 43.7 Å². The van der Waals surface area contributed by atoms with Crippen LogP contribution < -0.4 is 10.6 Å². The molecule has 0 aliphatic carbocycles. The highest BCUT2D eigenvalue weighted by molar-refractivity contribution is 5.47. The number of aromatic nitrogens is 1. The molecule has 19 heavy (non-hydrogen) atoms. The van der Waals surface area contributed by atoms with Gasteiger partial charge in [0.15, 0.2) is 0 Å². The zero-order valence-electron chi connectivity index (χ0n) is 13.5. The number of aryl methyl sites for hydroxylation is 1. The SMILES string of the molecule is Cc1cc(CC(C)N)cnc1N(C)C(C)C(C)(C)C. The molecule has 0 aliphatic heterocycles. The molecular formula is C16H29N3. The molecule has 0 saturated heterocycles. The van der Waals surface area contributed by atoms with Gasteiger partial charge in [0.05, 0.1) is 0 Å². The fourth-order valence-corrected chi connectivity index (χ4v) is 2.24. The number of rotatable bonds is 4. The Balaban J connectivity index is 2.96. The maximum Gasteiger partial charge on any atom is 0.131 e. The number of nitrogens with two attached hydrogens (primary N) is 1. The Hall–Kier alpha value is -1.09. The maximum absolute atomic E-state index is 5.84. The van der Waals surface area contributed by atoms with Crippen LogP contribution in [-0.2, 0) is 6.42 Å². The molecule has 0 fully saturated rings. The van der Waals surface area contributed by atoms with Gasteiger partial charge in [-0.25, -0.2) is 4.98 Å². The Bertz CT molecular complexity index is 418. The maximum atomic E-state index is 5.84. The summed E-state index contributed by atoms with van der Waals surface area (Å²) in [5, 5.41) is 0. The van der Waals surface area contributed by atoms with Gasteiger partial charge >= 0.3 is 0 Å². The number of nitrogens with zero attached hydrogens (tertiary/aromatic N) is 2. The normalized spacial score (nSPS) is 15.2. The Morgan fingerprint density at radius 3 is 2.32 bits per heavy atom. The quantitative estimate of drug-likeness (QED) is 0.907. The van der Waals surface area contributed by atoms with E-state index in [-0.39, 0.29) is 11.5 Å². The summed E-state index contributed by atoms with van der Waals surface area (Å²) in [6.45, 7) is 13.2. The number of pyridine rings is 1. The van der Waals surface area contributed by atoms with Crippen molar-refractivity contribution in [2.45, 2.75) is 60.0 Å². The Morgan fingerprint density at radius 2 is 1.89 bits per heavy atom. The van der Waals surface area contributed by atoms with E-state index in [9.17, 15) is 0 Å². The van der Waals surface area contributed by atoms with Gasteiger partial charge in [0.2, 0.25) is 0 Å². The van der Waals surface area contributed by atoms with Gasteiger partial charge in [-0.15, -0.1) is 0 Å². The van der Waals surface area contributed by atoms with Crippen LogP contribution in [0.25, 0.3) is 0 Å². The standard InChI is InChI=1S/C16H29N3/c1-11-8-14(9-12(2)17)10-18-15(11)19(7)13(3)16(4,5)6/h8,10,12-13H,9,17H2,1-7H3. The van der Waals surface area contributed by atoms with Crippen LogP contribution in [0.1, 0.15) is 45.7 Å². The second-order valence-electron chi connectivity index (χ2n) is 6.82. The first-order chi connectivity index (χ1) is 8.62. The molecule has 0 bridgehead atoms. The Kier molecular flexibility index (Phi) is 4.97. The lowest BCUT2D eigenvalue weighted by atomic mass is 9.87. The molecule has 0 saturated carbocycles. The third kappa shape index (κ3) is 4.20. The van der Waals surface area contributed by atoms with Crippen molar-refractivity contribution >= 4 is 5.82 Å². The molecule has 3 nitrogen and oxygen atoms in total. The molecule has 0 spiro atoms. The van der Waals surface area contributed by atoms with Crippen molar-refractivity contribution < 1.29 is 0 Å². The van der Waals surface area contributed by atoms with E-state index in [2.05, 4.69) is 57.6 Å². The summed E-state index contributed by atoms with van der Waals surface area (Å²) in [5.74, 6) is 1.07. The highest BCUT2D eigenvalue weighted by Crippen LogP contribution is 2.28. The number of anilines is 1. The molecule has 108 valence electrons. The summed E-state index contributed by atoms with van der Waals surface area (Å²) in [6.07, 6.45) is 2.84. The minimum Gasteiger partial charge on any atom is -0.356 e. The smallest absolute Gasteiger partial charge is 0.131 e. The van der Waals surface area contributed by atoms with E-state index >= 15 is 0 Å². The molecule has 2 N–H and O–H groups in total. The van der Waals surface area contributed by atoms with E-state index in [0.717, 1.165) is 12.2 Å². The average Bonchev–Trinajstić information content (AvgIpc) is 2.25. The lowest BCUT2D eigenvalue weighted by Crippen LogP contribution is -2.40. The van der Waals surface area contributed by atoms with Crippen molar-refractivity contribution in [3.8, 4) is 0 Å². The molecule has 0 amide bonds. The number of hydrogen-bond donors (Lipinski definition) is 1. The van der Waals surface area contributed by atoms with E-state index in [4.69, 9.17) is 5.73 Å².